The summed E-state index contributed by atoms with van der Waals surface area (Å²) in [5, 5.41) is 5.92. The van der Waals surface area contributed by atoms with Crippen LogP contribution in [0.3, 0.4) is 0 Å². The highest BCUT2D eigenvalue weighted by Gasteiger charge is 2.29. The SMILES string of the molecule is CC1CC(=O)Nc2ccccc2N1C(=O)CNc1cccc(S(=O)(=O)N2CCCCCC2)c1. The monoisotopic (exact) mass is 470 g/mol. The van der Waals surface area contributed by atoms with Gasteiger partial charge in [0.25, 0.3) is 0 Å². The van der Waals surface area contributed by atoms with E-state index in [0.29, 0.717) is 30.2 Å². The van der Waals surface area contributed by atoms with Gasteiger partial charge in [-0.3, -0.25) is 9.59 Å². The van der Waals surface area contributed by atoms with Gasteiger partial charge in [-0.15, -0.1) is 0 Å². The zero-order chi connectivity index (χ0) is 23.4. The number of rotatable bonds is 5. The van der Waals surface area contributed by atoms with Crippen LogP contribution in [-0.2, 0) is 19.6 Å². The molecule has 2 aromatic rings. The molecular formula is C24H30N4O4S. The summed E-state index contributed by atoms with van der Waals surface area (Å²) in [5.74, 6) is -0.336. The summed E-state index contributed by atoms with van der Waals surface area (Å²) >= 11 is 0. The van der Waals surface area contributed by atoms with Gasteiger partial charge in [-0.1, -0.05) is 31.0 Å². The van der Waals surface area contributed by atoms with Crippen molar-refractivity contribution in [2.45, 2.75) is 50.0 Å². The Morgan fingerprint density at radius 1 is 1.06 bits per heavy atom. The molecule has 0 bridgehead atoms. The average Bonchev–Trinajstić information content (AvgIpc) is 3.15. The van der Waals surface area contributed by atoms with E-state index in [2.05, 4.69) is 10.6 Å². The normalized spacial score (nSPS) is 19.7. The fraction of sp³-hybridized carbons (Fsp3) is 0.417. The number of carbonyl (C=O) groups excluding carboxylic acids is 2. The molecule has 2 aromatic carbocycles. The van der Waals surface area contributed by atoms with Gasteiger partial charge in [0.1, 0.15) is 0 Å². The van der Waals surface area contributed by atoms with E-state index >= 15 is 0 Å². The lowest BCUT2D eigenvalue weighted by Crippen LogP contribution is -2.42. The molecule has 33 heavy (non-hydrogen) atoms. The molecule has 2 N–H and O–H groups in total. The summed E-state index contributed by atoms with van der Waals surface area (Å²) in [7, 11) is -3.57. The lowest BCUT2D eigenvalue weighted by molar-refractivity contribution is -0.118. The van der Waals surface area contributed by atoms with Gasteiger partial charge >= 0.3 is 0 Å². The first-order valence-corrected chi connectivity index (χ1v) is 12.9. The molecule has 8 nitrogen and oxygen atoms in total. The zero-order valence-electron chi connectivity index (χ0n) is 18.8. The average molecular weight is 471 g/mol. The Labute approximate surface area is 195 Å². The molecule has 1 atom stereocenters. The summed E-state index contributed by atoms with van der Waals surface area (Å²) in [6.07, 6.45) is 4.05. The van der Waals surface area contributed by atoms with Crippen LogP contribution < -0.4 is 15.5 Å². The third-order valence-electron chi connectivity index (χ3n) is 6.11. The number of nitrogens with zero attached hydrogens (tertiary/aromatic N) is 2. The van der Waals surface area contributed by atoms with Gasteiger partial charge in [0, 0.05) is 31.2 Å². The largest absolute Gasteiger partial charge is 0.376 e. The van der Waals surface area contributed by atoms with Crippen LogP contribution in [0.15, 0.2) is 53.4 Å². The van der Waals surface area contributed by atoms with E-state index in [9.17, 15) is 18.0 Å². The van der Waals surface area contributed by atoms with Crippen molar-refractivity contribution in [3.63, 3.8) is 0 Å². The smallest absolute Gasteiger partial charge is 0.246 e. The number of para-hydroxylation sites is 2. The Hall–Kier alpha value is -2.91. The maximum absolute atomic E-state index is 13.2. The first-order valence-electron chi connectivity index (χ1n) is 11.4. The second-order valence-electron chi connectivity index (χ2n) is 8.58. The second-order valence-corrected chi connectivity index (χ2v) is 10.5. The predicted molar refractivity (Wildman–Crippen MR) is 129 cm³/mol. The number of fused-ring (bicyclic) bond motifs is 1. The van der Waals surface area contributed by atoms with Crippen molar-refractivity contribution in [1.82, 2.24) is 4.31 Å². The minimum Gasteiger partial charge on any atom is -0.376 e. The molecule has 0 aromatic heterocycles. The number of hydrogen-bond acceptors (Lipinski definition) is 5. The molecule has 176 valence electrons. The zero-order valence-corrected chi connectivity index (χ0v) is 19.6. The molecule has 0 aliphatic carbocycles. The first-order chi connectivity index (χ1) is 15.9. The van der Waals surface area contributed by atoms with Crippen LogP contribution in [0.25, 0.3) is 0 Å². The molecule has 9 heteroatoms. The maximum atomic E-state index is 13.2. The Kier molecular flexibility index (Phi) is 6.99. The quantitative estimate of drug-likeness (QED) is 0.698. The topological polar surface area (TPSA) is 98.8 Å². The van der Waals surface area contributed by atoms with Gasteiger partial charge in [-0.05, 0) is 50.1 Å². The molecule has 1 fully saturated rings. The van der Waals surface area contributed by atoms with Crippen molar-refractivity contribution >= 4 is 38.9 Å². The van der Waals surface area contributed by atoms with Crippen LogP contribution in [-0.4, -0.2) is 50.2 Å². The highest BCUT2D eigenvalue weighted by molar-refractivity contribution is 7.89. The molecule has 4 rings (SSSR count). The fourth-order valence-corrected chi connectivity index (χ4v) is 5.99. The van der Waals surface area contributed by atoms with E-state index < -0.39 is 10.0 Å². The number of benzene rings is 2. The van der Waals surface area contributed by atoms with Crippen LogP contribution in [0.1, 0.15) is 39.0 Å². The fourth-order valence-electron chi connectivity index (χ4n) is 4.43. The van der Waals surface area contributed by atoms with Crippen LogP contribution in [0.2, 0.25) is 0 Å². The Morgan fingerprint density at radius 3 is 2.55 bits per heavy atom. The summed E-state index contributed by atoms with van der Waals surface area (Å²) in [5.41, 5.74) is 1.81. The molecule has 0 spiro atoms. The van der Waals surface area contributed by atoms with E-state index in [1.54, 1.807) is 39.5 Å². The molecule has 2 amide bonds. The third kappa shape index (κ3) is 5.20. The Balaban J connectivity index is 1.49. The summed E-state index contributed by atoms with van der Waals surface area (Å²) in [6, 6.07) is 13.5. The predicted octanol–water partition coefficient (Wildman–Crippen LogP) is 3.43. The van der Waals surface area contributed by atoms with Gasteiger partial charge in [0.05, 0.1) is 22.8 Å². The molecule has 2 aliphatic heterocycles. The summed E-state index contributed by atoms with van der Waals surface area (Å²) in [4.78, 5) is 27.2. The van der Waals surface area contributed by atoms with Gasteiger partial charge in [0.15, 0.2) is 0 Å². The Bertz CT molecular complexity index is 1130. The molecule has 0 radical (unpaired) electrons. The van der Waals surface area contributed by atoms with Gasteiger partial charge in [-0.2, -0.15) is 4.31 Å². The molecule has 2 heterocycles. The van der Waals surface area contributed by atoms with Crippen molar-refractivity contribution in [1.29, 1.82) is 0 Å². The van der Waals surface area contributed by atoms with Gasteiger partial charge in [0.2, 0.25) is 21.8 Å². The molecule has 1 saturated heterocycles. The van der Waals surface area contributed by atoms with E-state index in [1.807, 2.05) is 25.1 Å². The number of amides is 2. The van der Waals surface area contributed by atoms with Crippen molar-refractivity contribution < 1.29 is 18.0 Å². The van der Waals surface area contributed by atoms with Crippen molar-refractivity contribution in [3.05, 3.63) is 48.5 Å². The van der Waals surface area contributed by atoms with Crippen molar-refractivity contribution in [3.8, 4) is 0 Å². The van der Waals surface area contributed by atoms with Crippen molar-refractivity contribution in [2.24, 2.45) is 0 Å². The minimum absolute atomic E-state index is 0.0277. The third-order valence-corrected chi connectivity index (χ3v) is 8.00. The molecule has 2 aliphatic rings. The van der Waals surface area contributed by atoms with E-state index in [-0.39, 0.29) is 35.7 Å². The number of anilines is 3. The van der Waals surface area contributed by atoms with E-state index in [0.717, 1.165) is 25.7 Å². The molecule has 0 saturated carbocycles. The van der Waals surface area contributed by atoms with Crippen LogP contribution in [0.4, 0.5) is 17.1 Å². The van der Waals surface area contributed by atoms with Gasteiger partial charge < -0.3 is 15.5 Å². The summed E-state index contributed by atoms with van der Waals surface area (Å²) in [6.45, 7) is 2.89. The highest BCUT2D eigenvalue weighted by atomic mass is 32.2. The summed E-state index contributed by atoms with van der Waals surface area (Å²) < 4.78 is 27.8. The van der Waals surface area contributed by atoms with Crippen LogP contribution >= 0.6 is 0 Å². The lowest BCUT2D eigenvalue weighted by Gasteiger charge is -2.28. The Morgan fingerprint density at radius 2 is 1.79 bits per heavy atom. The number of nitrogens with one attached hydrogen (secondary N) is 2. The first kappa shape index (κ1) is 23.3. The van der Waals surface area contributed by atoms with Crippen LogP contribution in [0, 0.1) is 0 Å². The molecule has 1 unspecified atom stereocenters. The molecular weight excluding hydrogens is 440 g/mol. The highest BCUT2D eigenvalue weighted by Crippen LogP contribution is 2.31. The van der Waals surface area contributed by atoms with Crippen LogP contribution in [0.5, 0.6) is 0 Å². The number of hydrogen-bond donors (Lipinski definition) is 2. The number of carbonyl (C=O) groups is 2. The van der Waals surface area contributed by atoms with Gasteiger partial charge in [-0.25, -0.2) is 8.42 Å². The standard InChI is InChI=1S/C24H30N4O4S/c1-18-15-23(29)26-21-11-4-5-12-22(21)28(18)24(30)17-25-19-9-8-10-20(16-19)33(31,32)27-13-6-2-3-7-14-27/h4-5,8-12,16,18,25H,2-3,6-7,13-15,17H2,1H3,(H,26,29). The maximum Gasteiger partial charge on any atom is 0.246 e. The minimum atomic E-state index is -3.57. The lowest BCUT2D eigenvalue weighted by atomic mass is 10.1. The number of sulfonamides is 1. The second kappa shape index (κ2) is 9.93. The van der Waals surface area contributed by atoms with E-state index in [1.165, 1.54) is 0 Å². The van der Waals surface area contributed by atoms with E-state index in [4.69, 9.17) is 0 Å². The van der Waals surface area contributed by atoms with Crippen molar-refractivity contribution in [2.75, 3.05) is 35.2 Å².